The van der Waals surface area contributed by atoms with Gasteiger partial charge in [0.1, 0.15) is 5.78 Å². The van der Waals surface area contributed by atoms with Crippen molar-refractivity contribution in [2.75, 3.05) is 13.2 Å². The Labute approximate surface area is 204 Å². The number of carbonyl (C=O) groups excluding carboxylic acids is 2. The van der Waals surface area contributed by atoms with Gasteiger partial charge in [0.15, 0.2) is 0 Å². The van der Waals surface area contributed by atoms with E-state index in [9.17, 15) is 19.8 Å². The largest absolute Gasteiger partial charge is 0.393 e. The van der Waals surface area contributed by atoms with E-state index in [1.165, 1.54) is 19.3 Å². The van der Waals surface area contributed by atoms with Gasteiger partial charge in [0.2, 0.25) is 5.91 Å². The van der Waals surface area contributed by atoms with Gasteiger partial charge in [-0.3, -0.25) is 24.8 Å². The zero-order valence-corrected chi connectivity index (χ0v) is 20.7. The molecule has 4 atom stereocenters. The lowest BCUT2D eigenvalue weighted by Crippen LogP contribution is -2.25. The number of carbonyl (C=O) groups is 2. The van der Waals surface area contributed by atoms with Crippen molar-refractivity contribution in [2.24, 2.45) is 11.8 Å². The van der Waals surface area contributed by atoms with Crippen LogP contribution in [0.3, 0.4) is 0 Å². The van der Waals surface area contributed by atoms with Crippen LogP contribution in [0.4, 0.5) is 0 Å². The van der Waals surface area contributed by atoms with Crippen LogP contribution in [-0.4, -0.2) is 63.1 Å². The zero-order chi connectivity index (χ0) is 25.2. The van der Waals surface area contributed by atoms with Gasteiger partial charge < -0.3 is 15.5 Å². The average molecular weight is 487 g/mol. The van der Waals surface area contributed by atoms with Crippen LogP contribution in [-0.2, 0) is 14.4 Å². The highest BCUT2D eigenvalue weighted by molar-refractivity contribution is 5.78. The summed E-state index contributed by atoms with van der Waals surface area (Å²) >= 11 is 0. The molecule has 0 spiro atoms. The highest BCUT2D eigenvalue weighted by atomic mass is 17.1. The molecule has 9 heteroatoms. The van der Waals surface area contributed by atoms with E-state index in [-0.39, 0.29) is 35.5 Å². The highest BCUT2D eigenvalue weighted by Crippen LogP contribution is 2.38. The van der Waals surface area contributed by atoms with Crippen molar-refractivity contribution >= 4 is 11.7 Å². The van der Waals surface area contributed by atoms with E-state index in [1.54, 1.807) is 0 Å². The van der Waals surface area contributed by atoms with E-state index in [0.29, 0.717) is 57.9 Å². The summed E-state index contributed by atoms with van der Waals surface area (Å²) in [5.74, 6) is 0.0988. The van der Waals surface area contributed by atoms with Crippen LogP contribution in [0.1, 0.15) is 96.8 Å². The van der Waals surface area contributed by atoms with Crippen molar-refractivity contribution in [3.05, 3.63) is 12.2 Å². The maximum absolute atomic E-state index is 12.2. The Bertz CT molecular complexity index is 586. The molecule has 1 fully saturated rings. The SMILES string of the molecule is CCCCCCCC(=O)CC[C@@H]1[C@@H](C/C=C\CCCC(=O)NCCCON(O)O)[C@@H](O)C[C@H]1O. The van der Waals surface area contributed by atoms with Crippen molar-refractivity contribution < 1.29 is 35.1 Å². The fourth-order valence-electron chi connectivity index (χ4n) is 4.57. The maximum atomic E-state index is 12.2. The van der Waals surface area contributed by atoms with Crippen LogP contribution in [0.5, 0.6) is 0 Å². The Morgan fingerprint density at radius 2 is 1.68 bits per heavy atom. The molecule has 1 saturated carbocycles. The topological polar surface area (TPSA) is 140 Å². The van der Waals surface area contributed by atoms with Crippen LogP contribution >= 0.6 is 0 Å². The first-order chi connectivity index (χ1) is 16.3. The Balaban J connectivity index is 2.22. The van der Waals surface area contributed by atoms with E-state index in [0.717, 1.165) is 19.3 Å². The molecule has 1 rings (SSSR count). The molecule has 0 aromatic carbocycles. The second-order valence-corrected chi connectivity index (χ2v) is 9.33. The van der Waals surface area contributed by atoms with Gasteiger partial charge in [0.25, 0.3) is 0 Å². The smallest absolute Gasteiger partial charge is 0.220 e. The minimum absolute atomic E-state index is 0.0390. The van der Waals surface area contributed by atoms with Gasteiger partial charge in [-0.05, 0) is 56.8 Å². The fourth-order valence-corrected chi connectivity index (χ4v) is 4.57. The minimum atomic E-state index is -0.558. The lowest BCUT2D eigenvalue weighted by molar-refractivity contribution is -0.492. The number of hydrogen-bond donors (Lipinski definition) is 5. The predicted molar refractivity (Wildman–Crippen MR) is 128 cm³/mol. The van der Waals surface area contributed by atoms with Crippen LogP contribution in [0, 0.1) is 11.8 Å². The monoisotopic (exact) mass is 486 g/mol. The second kappa shape index (κ2) is 18.9. The maximum Gasteiger partial charge on any atom is 0.220 e. The molecule has 1 amide bonds. The van der Waals surface area contributed by atoms with E-state index in [1.807, 2.05) is 12.2 Å². The van der Waals surface area contributed by atoms with Crippen molar-refractivity contribution in [1.82, 2.24) is 10.7 Å². The summed E-state index contributed by atoms with van der Waals surface area (Å²) in [7, 11) is 0. The van der Waals surface area contributed by atoms with Crippen LogP contribution < -0.4 is 5.32 Å². The first-order valence-electron chi connectivity index (χ1n) is 13.0. The summed E-state index contributed by atoms with van der Waals surface area (Å²) in [6.07, 6.45) is 13.6. The number of unbranched alkanes of at least 4 members (excludes halogenated alkanes) is 5. The number of aliphatic hydroxyl groups is 2. The van der Waals surface area contributed by atoms with Crippen molar-refractivity contribution in [1.29, 1.82) is 0 Å². The van der Waals surface area contributed by atoms with E-state index in [4.69, 9.17) is 10.4 Å². The quantitative estimate of drug-likeness (QED) is 0.0997. The summed E-state index contributed by atoms with van der Waals surface area (Å²) in [6, 6.07) is 0. The average Bonchev–Trinajstić information content (AvgIpc) is 3.06. The zero-order valence-electron chi connectivity index (χ0n) is 20.7. The van der Waals surface area contributed by atoms with Gasteiger partial charge in [-0.25, -0.2) is 0 Å². The molecule has 0 heterocycles. The second-order valence-electron chi connectivity index (χ2n) is 9.33. The number of nitrogens with one attached hydrogen (secondary N) is 1. The third-order valence-electron chi connectivity index (χ3n) is 6.54. The molecule has 198 valence electrons. The standard InChI is InChI=1S/C25H46N2O7/c1-2-3-4-5-8-12-20(28)15-16-22-21(23(29)19-24(22)30)13-9-6-7-10-14-25(31)26-17-11-18-34-27(32)33/h6,9,21-24,29-30,32-33H,2-5,7-8,10-19H2,1H3,(H,26,31)/b9-6-/t21-,22-,23+,24-/m1/s1. The summed E-state index contributed by atoms with van der Waals surface area (Å²) < 4.78 is 0. The van der Waals surface area contributed by atoms with Gasteiger partial charge >= 0.3 is 0 Å². The molecular weight excluding hydrogens is 440 g/mol. The van der Waals surface area contributed by atoms with Gasteiger partial charge in [-0.15, -0.1) is 0 Å². The van der Waals surface area contributed by atoms with Gasteiger partial charge in [0, 0.05) is 25.8 Å². The predicted octanol–water partition coefficient (Wildman–Crippen LogP) is 3.69. The van der Waals surface area contributed by atoms with E-state index >= 15 is 0 Å². The van der Waals surface area contributed by atoms with E-state index < -0.39 is 12.2 Å². The van der Waals surface area contributed by atoms with Crippen LogP contribution in [0.2, 0.25) is 0 Å². The molecule has 1 aliphatic rings. The minimum Gasteiger partial charge on any atom is -0.393 e. The van der Waals surface area contributed by atoms with Crippen LogP contribution in [0.25, 0.3) is 0 Å². The molecule has 0 aromatic rings. The number of nitrogens with zero attached hydrogens (tertiary/aromatic N) is 1. The number of hydrogen-bond acceptors (Lipinski definition) is 8. The molecule has 0 bridgehead atoms. The third-order valence-corrected chi connectivity index (χ3v) is 6.54. The normalized spacial score (nSPS) is 22.6. The van der Waals surface area contributed by atoms with Gasteiger partial charge in [-0.2, -0.15) is 0 Å². The summed E-state index contributed by atoms with van der Waals surface area (Å²) in [4.78, 5) is 28.4. The van der Waals surface area contributed by atoms with Gasteiger partial charge in [-0.1, -0.05) is 44.8 Å². The summed E-state index contributed by atoms with van der Waals surface area (Å²) in [5, 5.41) is 39.9. The van der Waals surface area contributed by atoms with E-state index in [2.05, 4.69) is 17.1 Å². The lowest BCUT2D eigenvalue weighted by Gasteiger charge is -2.22. The molecule has 0 aromatic heterocycles. The highest BCUT2D eigenvalue weighted by Gasteiger charge is 2.40. The molecule has 1 aliphatic carbocycles. The molecule has 9 nitrogen and oxygen atoms in total. The Hall–Kier alpha value is -1.36. The van der Waals surface area contributed by atoms with Gasteiger partial charge in [0.05, 0.1) is 24.2 Å². The summed E-state index contributed by atoms with van der Waals surface area (Å²) in [5.41, 5.74) is 0. The first kappa shape index (κ1) is 30.7. The molecule has 34 heavy (non-hydrogen) atoms. The molecular formula is C25H46N2O7. The number of allylic oxidation sites excluding steroid dienone is 2. The number of amides is 1. The number of ketones is 1. The first-order valence-corrected chi connectivity index (χ1v) is 13.0. The molecule has 5 N–H and O–H groups in total. The van der Waals surface area contributed by atoms with Crippen LogP contribution in [0.15, 0.2) is 12.2 Å². The molecule has 0 saturated heterocycles. The summed E-state index contributed by atoms with van der Waals surface area (Å²) in [6.45, 7) is 2.66. The number of Topliss-reactive ketones (excluding diaryl/α,β-unsaturated/α-hetero) is 1. The molecule has 0 radical (unpaired) electrons. The Kier molecular flexibility index (Phi) is 17.1. The molecule has 0 aliphatic heterocycles. The number of rotatable bonds is 20. The third kappa shape index (κ3) is 14.1. The number of aliphatic hydroxyl groups excluding tert-OH is 2. The van der Waals surface area contributed by atoms with Crippen molar-refractivity contribution in [3.8, 4) is 0 Å². The molecule has 0 unspecified atom stereocenters. The van der Waals surface area contributed by atoms with Crippen molar-refractivity contribution in [2.45, 2.75) is 109 Å². The van der Waals surface area contributed by atoms with Crippen molar-refractivity contribution in [3.63, 3.8) is 0 Å². The Morgan fingerprint density at radius 1 is 0.941 bits per heavy atom. The lowest BCUT2D eigenvalue weighted by atomic mass is 9.86. The fraction of sp³-hybridized carbons (Fsp3) is 0.840. The Morgan fingerprint density at radius 3 is 2.41 bits per heavy atom.